The van der Waals surface area contributed by atoms with Crippen molar-refractivity contribution in [2.24, 2.45) is 0 Å². The standard InChI is InChI=1S/C7H5ClINO/c8-6-2-5(9)1-4(3-11)7(6)10/h1-3H,10H2. The second kappa shape index (κ2) is 3.40. The quantitative estimate of drug-likeness (QED) is 0.488. The first kappa shape index (κ1) is 8.80. The van der Waals surface area contributed by atoms with E-state index in [9.17, 15) is 4.79 Å². The van der Waals surface area contributed by atoms with Crippen molar-refractivity contribution in [1.29, 1.82) is 0 Å². The maximum Gasteiger partial charge on any atom is 0.152 e. The number of hydrogen-bond donors (Lipinski definition) is 1. The fraction of sp³-hybridized carbons (Fsp3) is 0. The number of benzene rings is 1. The van der Waals surface area contributed by atoms with Gasteiger partial charge in [0.2, 0.25) is 0 Å². The molecule has 1 aromatic rings. The van der Waals surface area contributed by atoms with Crippen LogP contribution in [0.2, 0.25) is 5.02 Å². The highest BCUT2D eigenvalue weighted by Gasteiger charge is 2.03. The predicted molar refractivity (Wildman–Crippen MR) is 54.0 cm³/mol. The molecule has 1 rings (SSSR count). The van der Waals surface area contributed by atoms with Gasteiger partial charge in [-0.25, -0.2) is 0 Å². The monoisotopic (exact) mass is 281 g/mol. The van der Waals surface area contributed by atoms with Crippen molar-refractivity contribution in [2.45, 2.75) is 0 Å². The van der Waals surface area contributed by atoms with E-state index < -0.39 is 0 Å². The average molecular weight is 281 g/mol. The summed E-state index contributed by atoms with van der Waals surface area (Å²) in [5.74, 6) is 0. The van der Waals surface area contributed by atoms with Crippen LogP contribution in [0, 0.1) is 3.57 Å². The number of halogens is 2. The van der Waals surface area contributed by atoms with Crippen LogP contribution < -0.4 is 5.73 Å². The number of anilines is 1. The van der Waals surface area contributed by atoms with E-state index in [4.69, 9.17) is 17.3 Å². The highest BCUT2D eigenvalue weighted by Crippen LogP contribution is 2.24. The SMILES string of the molecule is Nc1c(Cl)cc(I)cc1C=O. The minimum Gasteiger partial charge on any atom is -0.397 e. The molecule has 0 saturated carbocycles. The highest BCUT2D eigenvalue weighted by molar-refractivity contribution is 14.1. The number of hydrogen-bond acceptors (Lipinski definition) is 2. The smallest absolute Gasteiger partial charge is 0.152 e. The van der Waals surface area contributed by atoms with Gasteiger partial charge in [-0.05, 0) is 34.7 Å². The third-order valence-corrected chi connectivity index (χ3v) is 2.19. The van der Waals surface area contributed by atoms with Gasteiger partial charge in [-0.15, -0.1) is 0 Å². The molecule has 0 radical (unpaired) electrons. The van der Waals surface area contributed by atoms with Gasteiger partial charge >= 0.3 is 0 Å². The van der Waals surface area contributed by atoms with Gasteiger partial charge in [-0.1, -0.05) is 11.6 Å². The molecule has 0 saturated heterocycles. The van der Waals surface area contributed by atoms with Gasteiger partial charge in [0.25, 0.3) is 0 Å². The fourth-order valence-corrected chi connectivity index (χ4v) is 1.76. The van der Waals surface area contributed by atoms with E-state index in [0.717, 1.165) is 3.57 Å². The van der Waals surface area contributed by atoms with E-state index in [-0.39, 0.29) is 0 Å². The molecule has 0 amide bonds. The van der Waals surface area contributed by atoms with Gasteiger partial charge in [-0.2, -0.15) is 0 Å². The first-order valence-corrected chi connectivity index (χ1v) is 4.30. The third-order valence-electron chi connectivity index (χ3n) is 1.25. The van der Waals surface area contributed by atoms with Gasteiger partial charge in [-0.3, -0.25) is 4.79 Å². The lowest BCUT2D eigenvalue weighted by atomic mass is 10.2. The Morgan fingerprint density at radius 3 is 2.73 bits per heavy atom. The second-order valence-electron chi connectivity index (χ2n) is 2.01. The third kappa shape index (κ3) is 1.84. The molecule has 0 bridgehead atoms. The van der Waals surface area contributed by atoms with Crippen molar-refractivity contribution < 1.29 is 4.79 Å². The molecular weight excluding hydrogens is 276 g/mol. The molecule has 0 aliphatic heterocycles. The van der Waals surface area contributed by atoms with Crippen molar-refractivity contribution in [2.75, 3.05) is 5.73 Å². The maximum atomic E-state index is 10.4. The molecule has 0 aromatic heterocycles. The molecule has 0 aliphatic rings. The summed E-state index contributed by atoms with van der Waals surface area (Å²) in [5.41, 5.74) is 6.29. The Kier molecular flexibility index (Phi) is 2.72. The molecule has 0 fully saturated rings. The van der Waals surface area contributed by atoms with Crippen molar-refractivity contribution in [3.8, 4) is 0 Å². The summed E-state index contributed by atoms with van der Waals surface area (Å²) in [7, 11) is 0. The van der Waals surface area contributed by atoms with Crippen LogP contribution >= 0.6 is 34.2 Å². The number of carbonyl (C=O) groups excluding carboxylic acids is 1. The highest BCUT2D eigenvalue weighted by atomic mass is 127. The van der Waals surface area contributed by atoms with Crippen LogP contribution in [0.1, 0.15) is 10.4 Å². The van der Waals surface area contributed by atoms with Crippen LogP contribution in [-0.2, 0) is 0 Å². The van der Waals surface area contributed by atoms with Crippen molar-refractivity contribution >= 4 is 46.2 Å². The maximum absolute atomic E-state index is 10.4. The average Bonchev–Trinajstić information content (AvgIpc) is 1.96. The molecule has 11 heavy (non-hydrogen) atoms. The zero-order valence-corrected chi connectivity index (χ0v) is 8.39. The number of carbonyl (C=O) groups is 1. The lowest BCUT2D eigenvalue weighted by Crippen LogP contribution is -1.94. The lowest BCUT2D eigenvalue weighted by molar-refractivity contribution is 0.112. The first-order chi connectivity index (χ1) is 5.15. The van der Waals surface area contributed by atoms with Crippen LogP contribution in [0.5, 0.6) is 0 Å². The summed E-state index contributed by atoms with van der Waals surface area (Å²) < 4.78 is 0.906. The Bertz CT molecular complexity index is 301. The van der Waals surface area contributed by atoms with Crippen LogP contribution in [0.15, 0.2) is 12.1 Å². The van der Waals surface area contributed by atoms with Gasteiger partial charge in [0.05, 0.1) is 10.7 Å². The summed E-state index contributed by atoms with van der Waals surface area (Å²) in [4.78, 5) is 10.4. The van der Waals surface area contributed by atoms with E-state index in [2.05, 4.69) is 22.6 Å². The molecule has 0 atom stereocenters. The number of nitrogen functional groups attached to an aromatic ring is 1. The zero-order chi connectivity index (χ0) is 8.43. The second-order valence-corrected chi connectivity index (χ2v) is 3.66. The van der Waals surface area contributed by atoms with Gasteiger partial charge in [0.15, 0.2) is 6.29 Å². The molecule has 1 aromatic carbocycles. The molecule has 0 spiro atoms. The van der Waals surface area contributed by atoms with E-state index in [1.165, 1.54) is 0 Å². The molecule has 0 unspecified atom stereocenters. The van der Waals surface area contributed by atoms with Crippen LogP contribution in [0.4, 0.5) is 5.69 Å². The molecule has 0 aliphatic carbocycles. The molecule has 2 nitrogen and oxygen atoms in total. The minimum absolute atomic E-state index is 0.349. The van der Waals surface area contributed by atoms with Gasteiger partial charge < -0.3 is 5.73 Å². The van der Waals surface area contributed by atoms with Gasteiger partial charge in [0.1, 0.15) is 0 Å². The Labute approximate surface area is 82.9 Å². The number of aldehydes is 1. The lowest BCUT2D eigenvalue weighted by Gasteiger charge is -2.01. The molecule has 2 N–H and O–H groups in total. The molecule has 4 heteroatoms. The minimum atomic E-state index is 0.349. The normalized spacial score (nSPS) is 9.64. The summed E-state index contributed by atoms with van der Waals surface area (Å²) in [6.45, 7) is 0. The Hall–Kier alpha value is -0.290. The fourth-order valence-electron chi connectivity index (χ4n) is 0.702. The summed E-state index contributed by atoms with van der Waals surface area (Å²) >= 11 is 7.78. The topological polar surface area (TPSA) is 43.1 Å². The number of rotatable bonds is 1. The van der Waals surface area contributed by atoms with Crippen LogP contribution in [0.3, 0.4) is 0 Å². The Morgan fingerprint density at radius 2 is 2.18 bits per heavy atom. The van der Waals surface area contributed by atoms with E-state index in [1.807, 2.05) is 0 Å². The van der Waals surface area contributed by atoms with Crippen LogP contribution in [0.25, 0.3) is 0 Å². The van der Waals surface area contributed by atoms with Crippen molar-refractivity contribution in [3.05, 3.63) is 26.3 Å². The Balaban J connectivity index is 3.35. The largest absolute Gasteiger partial charge is 0.397 e. The zero-order valence-electron chi connectivity index (χ0n) is 5.47. The molecule has 0 heterocycles. The Morgan fingerprint density at radius 1 is 1.55 bits per heavy atom. The molecular formula is C7H5ClINO. The first-order valence-electron chi connectivity index (χ1n) is 2.85. The summed E-state index contributed by atoms with van der Waals surface area (Å²) in [5, 5.41) is 0.430. The van der Waals surface area contributed by atoms with E-state index in [1.54, 1.807) is 12.1 Å². The predicted octanol–water partition coefficient (Wildman–Crippen LogP) is 2.34. The van der Waals surface area contributed by atoms with Gasteiger partial charge in [0, 0.05) is 9.13 Å². The summed E-state index contributed by atoms with van der Waals surface area (Å²) in [6, 6.07) is 3.40. The van der Waals surface area contributed by atoms with Crippen molar-refractivity contribution in [3.63, 3.8) is 0 Å². The number of nitrogens with two attached hydrogens (primary N) is 1. The molecule has 58 valence electrons. The van der Waals surface area contributed by atoms with E-state index in [0.29, 0.717) is 22.6 Å². The summed E-state index contributed by atoms with van der Waals surface area (Å²) in [6.07, 6.45) is 0.698. The van der Waals surface area contributed by atoms with E-state index >= 15 is 0 Å². The van der Waals surface area contributed by atoms with Crippen molar-refractivity contribution in [1.82, 2.24) is 0 Å². The van der Waals surface area contributed by atoms with Crippen LogP contribution in [-0.4, -0.2) is 6.29 Å².